The van der Waals surface area contributed by atoms with Crippen molar-refractivity contribution in [3.8, 4) is 0 Å². The molecule has 0 aliphatic heterocycles. The van der Waals surface area contributed by atoms with Crippen molar-refractivity contribution in [2.75, 3.05) is 0 Å². The van der Waals surface area contributed by atoms with Gasteiger partial charge in [-0.1, -0.05) is 34.6 Å². The lowest BCUT2D eigenvalue weighted by Crippen LogP contribution is -2.54. The summed E-state index contributed by atoms with van der Waals surface area (Å²) in [6.07, 6.45) is 16.1. The van der Waals surface area contributed by atoms with Gasteiger partial charge in [-0.25, -0.2) is 0 Å². The van der Waals surface area contributed by atoms with E-state index in [2.05, 4.69) is 54.1 Å². The van der Waals surface area contributed by atoms with Gasteiger partial charge in [0, 0.05) is 6.10 Å². The summed E-state index contributed by atoms with van der Waals surface area (Å²) in [5.74, 6) is 3.92. The molecule has 0 unspecified atom stereocenters. The molecule has 0 heterocycles. The van der Waals surface area contributed by atoms with E-state index < -0.39 is 8.32 Å². The summed E-state index contributed by atoms with van der Waals surface area (Å²) in [7, 11) is -1.64. The Kier molecular flexibility index (Phi) is 4.99. The molecule has 0 amide bonds. The molecule has 2 heteroatoms. The largest absolute Gasteiger partial charge is 0.414 e. The molecule has 4 rings (SSSR count). The molecule has 0 aromatic rings. The predicted molar refractivity (Wildman–Crippen MR) is 118 cm³/mol. The number of fused-ring (bicyclic) bond motifs is 5. The second-order valence-corrected chi connectivity index (χ2v) is 17.5. The molecule has 155 valence electrons. The fourth-order valence-corrected chi connectivity index (χ4v) is 9.06. The Balaban J connectivity index is 1.47. The molecule has 1 nitrogen and oxygen atoms in total. The Labute approximate surface area is 170 Å². The first-order valence-electron chi connectivity index (χ1n) is 12.0. The van der Waals surface area contributed by atoms with Gasteiger partial charge in [-0.3, -0.25) is 0 Å². The van der Waals surface area contributed by atoms with Gasteiger partial charge in [0.25, 0.3) is 0 Å². The summed E-state index contributed by atoms with van der Waals surface area (Å²) in [4.78, 5) is 0. The smallest absolute Gasteiger partial charge is 0.192 e. The van der Waals surface area contributed by atoms with E-state index in [0.29, 0.717) is 22.0 Å². The highest BCUT2D eigenvalue weighted by Crippen LogP contribution is 2.66. The molecular formula is C25H45OSi. The summed E-state index contributed by atoms with van der Waals surface area (Å²) in [6.45, 7) is 17.3. The first-order valence-corrected chi connectivity index (χ1v) is 14.9. The fraction of sp³-hybridized carbons (Fsp3) is 0.960. The molecule has 0 aromatic heterocycles. The maximum Gasteiger partial charge on any atom is 0.192 e. The number of hydrogen-bond donors (Lipinski definition) is 0. The maximum absolute atomic E-state index is 6.89. The van der Waals surface area contributed by atoms with E-state index in [-0.39, 0.29) is 0 Å². The average Bonchev–Trinajstić information content (AvgIpc) is 2.95. The highest BCUT2D eigenvalue weighted by molar-refractivity contribution is 6.74. The molecule has 0 saturated heterocycles. The number of rotatable bonds is 2. The Morgan fingerprint density at radius 2 is 1.67 bits per heavy atom. The van der Waals surface area contributed by atoms with Gasteiger partial charge in [0.1, 0.15) is 0 Å². The van der Waals surface area contributed by atoms with Crippen LogP contribution in [0.3, 0.4) is 0 Å². The molecule has 0 bridgehead atoms. The van der Waals surface area contributed by atoms with Crippen molar-refractivity contribution in [2.24, 2.45) is 34.5 Å². The van der Waals surface area contributed by atoms with Crippen LogP contribution in [0.5, 0.6) is 0 Å². The van der Waals surface area contributed by atoms with Gasteiger partial charge in [-0.15, -0.1) is 0 Å². The van der Waals surface area contributed by atoms with Gasteiger partial charge in [-0.2, -0.15) is 0 Å². The van der Waals surface area contributed by atoms with E-state index in [4.69, 9.17) is 4.43 Å². The SMILES string of the molecule is CC(C)(C)[Si](C)(C)O[C@@H]1CC[C@@]2(C)[C@@H](CC[C@@H]3[C@@H]2CC[C@]2(C)[CH]CC[C@@H]32)C1. The van der Waals surface area contributed by atoms with Gasteiger partial charge < -0.3 is 4.43 Å². The van der Waals surface area contributed by atoms with Crippen LogP contribution in [-0.2, 0) is 4.43 Å². The molecule has 0 N–H and O–H groups in total. The first kappa shape index (κ1) is 20.4. The Bertz CT molecular complexity index is 563. The molecule has 7 atom stereocenters. The predicted octanol–water partition coefficient (Wildman–Crippen LogP) is 7.62. The fourth-order valence-electron chi connectivity index (χ4n) is 7.66. The third-order valence-corrected chi connectivity index (χ3v) is 14.9. The van der Waals surface area contributed by atoms with Crippen LogP contribution in [0.15, 0.2) is 0 Å². The topological polar surface area (TPSA) is 9.23 Å². The van der Waals surface area contributed by atoms with Crippen molar-refractivity contribution in [3.63, 3.8) is 0 Å². The standard InChI is InChI=1S/C25H45OSi/c1-23(2,3)27(6,7)26-19-12-16-25(5)18(17-19)10-11-20-21-9-8-14-24(21,4)15-13-22(20)25/h14,18-22H,8-13,15-17H2,1-7H3/t18-,19+,20-,21-,22-,24-,25-/m0/s1. The average molecular weight is 390 g/mol. The second kappa shape index (κ2) is 6.59. The molecule has 1 radical (unpaired) electrons. The highest BCUT2D eigenvalue weighted by atomic mass is 28.4. The lowest BCUT2D eigenvalue weighted by Gasteiger charge is -2.61. The van der Waals surface area contributed by atoms with E-state index in [1.807, 2.05) is 0 Å². The van der Waals surface area contributed by atoms with Gasteiger partial charge in [0.2, 0.25) is 0 Å². The van der Waals surface area contributed by atoms with Gasteiger partial charge in [0.15, 0.2) is 8.32 Å². The van der Waals surface area contributed by atoms with Gasteiger partial charge in [0.05, 0.1) is 0 Å². The minimum atomic E-state index is -1.64. The second-order valence-electron chi connectivity index (χ2n) is 12.8. The Morgan fingerprint density at radius 1 is 0.926 bits per heavy atom. The summed E-state index contributed by atoms with van der Waals surface area (Å²) >= 11 is 0. The maximum atomic E-state index is 6.89. The van der Waals surface area contributed by atoms with Crippen LogP contribution in [0.2, 0.25) is 18.1 Å². The van der Waals surface area contributed by atoms with Crippen LogP contribution >= 0.6 is 0 Å². The van der Waals surface area contributed by atoms with Gasteiger partial charge in [-0.05, 0) is 117 Å². The van der Waals surface area contributed by atoms with E-state index in [1.165, 1.54) is 57.8 Å². The van der Waals surface area contributed by atoms with E-state index in [0.717, 1.165) is 23.7 Å². The molecular weight excluding hydrogens is 344 g/mol. The quantitative estimate of drug-likeness (QED) is 0.441. The first-order chi connectivity index (χ1) is 12.5. The van der Waals surface area contributed by atoms with Crippen molar-refractivity contribution in [1.29, 1.82) is 0 Å². The summed E-state index contributed by atoms with van der Waals surface area (Å²) in [5, 5.41) is 0.332. The van der Waals surface area contributed by atoms with Crippen LogP contribution in [-0.4, -0.2) is 14.4 Å². The van der Waals surface area contributed by atoms with Crippen LogP contribution in [0.4, 0.5) is 0 Å². The highest BCUT2D eigenvalue weighted by Gasteiger charge is 2.58. The molecule has 0 aromatic carbocycles. The van der Waals surface area contributed by atoms with Crippen LogP contribution in [0, 0.1) is 40.9 Å². The van der Waals surface area contributed by atoms with Crippen molar-refractivity contribution in [3.05, 3.63) is 6.42 Å². The minimum Gasteiger partial charge on any atom is -0.414 e. The molecule has 0 spiro atoms. The van der Waals surface area contributed by atoms with E-state index >= 15 is 0 Å². The zero-order valence-corrected chi connectivity index (χ0v) is 20.2. The zero-order chi connectivity index (χ0) is 19.7. The molecule has 27 heavy (non-hydrogen) atoms. The zero-order valence-electron chi connectivity index (χ0n) is 19.2. The summed E-state index contributed by atoms with van der Waals surface area (Å²) < 4.78 is 6.89. The van der Waals surface area contributed by atoms with Crippen LogP contribution in [0.1, 0.15) is 92.4 Å². The van der Waals surface area contributed by atoms with Crippen LogP contribution in [0.25, 0.3) is 0 Å². The van der Waals surface area contributed by atoms with Crippen LogP contribution < -0.4 is 0 Å². The normalized spacial score (nSPS) is 47.9. The third-order valence-electron chi connectivity index (χ3n) is 10.4. The van der Waals surface area contributed by atoms with Crippen molar-refractivity contribution < 1.29 is 4.43 Å². The molecule has 4 aliphatic carbocycles. The lowest BCUT2D eigenvalue weighted by molar-refractivity contribution is -0.115. The van der Waals surface area contributed by atoms with E-state index in [1.54, 1.807) is 0 Å². The minimum absolute atomic E-state index is 0.332. The molecule has 4 fully saturated rings. The monoisotopic (exact) mass is 389 g/mol. The van der Waals surface area contributed by atoms with Crippen molar-refractivity contribution in [2.45, 2.75) is 117 Å². The summed E-state index contributed by atoms with van der Waals surface area (Å²) in [6, 6.07) is 0. The Hall–Kier alpha value is 0.177. The molecule has 4 aliphatic rings. The molecule has 4 saturated carbocycles. The van der Waals surface area contributed by atoms with E-state index in [9.17, 15) is 0 Å². The van der Waals surface area contributed by atoms with Gasteiger partial charge >= 0.3 is 0 Å². The van der Waals surface area contributed by atoms with Crippen molar-refractivity contribution in [1.82, 2.24) is 0 Å². The third kappa shape index (κ3) is 3.29. The van der Waals surface area contributed by atoms with Crippen molar-refractivity contribution >= 4 is 8.32 Å². The summed E-state index contributed by atoms with van der Waals surface area (Å²) in [5.41, 5.74) is 1.17. The number of hydrogen-bond acceptors (Lipinski definition) is 1. The lowest BCUT2D eigenvalue weighted by atomic mass is 9.45. The Morgan fingerprint density at radius 3 is 2.37 bits per heavy atom.